The summed E-state index contributed by atoms with van der Waals surface area (Å²) in [5.41, 5.74) is 0. The highest BCUT2D eigenvalue weighted by molar-refractivity contribution is 8.00. The van der Waals surface area contributed by atoms with Gasteiger partial charge in [0.15, 0.2) is 0 Å². The standard InChI is InChI=1S/C11H21NOS.C4H5Cl2NOS/c1-2-3-4-5-6-7-9-12-11(13)8-10-14-12;1-7-4(8)2(5)3(6)9-7/h2-10H2,1H3;2-3H,1H3. The first-order valence-electron chi connectivity index (χ1n) is 8.13. The first kappa shape index (κ1) is 21.3. The second-order valence-corrected chi connectivity index (χ2v) is 9.11. The largest absolute Gasteiger partial charge is 0.287 e. The SMILES string of the molecule is CCCCCCCCN1SCCC1=O.CN1SC(Cl)C(Cl)C1=O. The Bertz CT molecular complexity index is 388. The van der Waals surface area contributed by atoms with Crippen LogP contribution in [0.3, 0.4) is 0 Å². The Labute approximate surface area is 158 Å². The topological polar surface area (TPSA) is 40.6 Å². The Kier molecular flexibility index (Phi) is 10.8. The molecule has 2 unspecified atom stereocenters. The van der Waals surface area contributed by atoms with E-state index in [1.807, 2.05) is 4.31 Å². The van der Waals surface area contributed by atoms with Gasteiger partial charge in [-0.1, -0.05) is 39.0 Å². The third-order valence-electron chi connectivity index (χ3n) is 3.59. The van der Waals surface area contributed by atoms with Gasteiger partial charge in [-0.3, -0.25) is 18.2 Å². The fourth-order valence-corrected chi connectivity index (χ4v) is 4.74. The van der Waals surface area contributed by atoms with Gasteiger partial charge in [-0.25, -0.2) is 0 Å². The highest BCUT2D eigenvalue weighted by atomic mass is 35.5. The summed E-state index contributed by atoms with van der Waals surface area (Å²) in [5, 5.41) is -0.554. The third-order valence-corrected chi connectivity index (χ3v) is 6.85. The van der Waals surface area contributed by atoms with E-state index in [-0.39, 0.29) is 10.6 Å². The minimum Gasteiger partial charge on any atom is -0.287 e. The molecule has 2 heterocycles. The number of rotatable bonds is 7. The van der Waals surface area contributed by atoms with Crippen molar-refractivity contribution in [3.05, 3.63) is 0 Å². The lowest BCUT2D eigenvalue weighted by molar-refractivity contribution is -0.125. The van der Waals surface area contributed by atoms with Crippen LogP contribution >= 0.6 is 47.1 Å². The van der Waals surface area contributed by atoms with Crippen molar-refractivity contribution < 1.29 is 9.59 Å². The Balaban J connectivity index is 0.000000253. The Morgan fingerprint density at radius 3 is 2.22 bits per heavy atom. The van der Waals surface area contributed by atoms with Crippen LogP contribution in [0.2, 0.25) is 0 Å². The minimum atomic E-state index is -0.554. The van der Waals surface area contributed by atoms with E-state index in [0.29, 0.717) is 5.91 Å². The van der Waals surface area contributed by atoms with E-state index in [0.717, 1.165) is 18.7 Å². The summed E-state index contributed by atoms with van der Waals surface area (Å²) in [6, 6.07) is 0. The summed E-state index contributed by atoms with van der Waals surface area (Å²) in [6.07, 6.45) is 8.57. The molecule has 0 spiro atoms. The van der Waals surface area contributed by atoms with E-state index < -0.39 is 5.38 Å². The van der Waals surface area contributed by atoms with Crippen LogP contribution in [-0.2, 0) is 9.59 Å². The average Bonchev–Trinajstić information content (AvgIpc) is 3.03. The van der Waals surface area contributed by atoms with Crippen molar-refractivity contribution in [2.75, 3.05) is 19.3 Å². The van der Waals surface area contributed by atoms with Gasteiger partial charge in [-0.2, -0.15) is 0 Å². The van der Waals surface area contributed by atoms with Crippen molar-refractivity contribution in [2.24, 2.45) is 0 Å². The molecule has 0 bridgehead atoms. The lowest BCUT2D eigenvalue weighted by Crippen LogP contribution is -2.21. The van der Waals surface area contributed by atoms with Crippen molar-refractivity contribution in [3.63, 3.8) is 0 Å². The first-order valence-corrected chi connectivity index (χ1v) is 10.8. The van der Waals surface area contributed by atoms with Crippen LogP contribution in [-0.4, -0.2) is 49.9 Å². The molecule has 2 saturated heterocycles. The van der Waals surface area contributed by atoms with E-state index in [2.05, 4.69) is 6.92 Å². The van der Waals surface area contributed by atoms with Gasteiger partial charge in [-0.15, -0.1) is 23.2 Å². The fourth-order valence-electron chi connectivity index (χ4n) is 2.21. The van der Waals surface area contributed by atoms with Gasteiger partial charge in [0.25, 0.3) is 5.91 Å². The molecule has 0 N–H and O–H groups in total. The molecule has 8 heteroatoms. The number of unbranched alkanes of at least 4 members (excludes halogenated alkanes) is 5. The van der Waals surface area contributed by atoms with Crippen molar-refractivity contribution in [1.29, 1.82) is 0 Å². The normalized spacial score (nSPS) is 24.2. The molecule has 134 valence electrons. The molecule has 0 aromatic heterocycles. The quantitative estimate of drug-likeness (QED) is 0.358. The van der Waals surface area contributed by atoms with Gasteiger partial charge in [-0.05, 0) is 30.3 Å². The molecule has 2 amide bonds. The minimum absolute atomic E-state index is 0.110. The predicted molar refractivity (Wildman–Crippen MR) is 102 cm³/mol. The van der Waals surface area contributed by atoms with Crippen molar-refractivity contribution in [2.45, 2.75) is 62.0 Å². The summed E-state index contributed by atoms with van der Waals surface area (Å²) < 4.78 is 3.10. The Hall–Kier alpha value is 0.220. The molecule has 0 aromatic carbocycles. The number of amides is 2. The van der Waals surface area contributed by atoms with Crippen LogP contribution in [0.25, 0.3) is 0 Å². The highest BCUT2D eigenvalue weighted by Gasteiger charge is 2.36. The van der Waals surface area contributed by atoms with Gasteiger partial charge < -0.3 is 0 Å². The molecule has 2 aliphatic rings. The number of alkyl halides is 2. The molecule has 2 rings (SSSR count). The number of hydrogen-bond donors (Lipinski definition) is 0. The average molecular weight is 401 g/mol. The van der Waals surface area contributed by atoms with Crippen LogP contribution < -0.4 is 0 Å². The molecule has 2 aliphatic heterocycles. The van der Waals surface area contributed by atoms with Crippen LogP contribution in [0, 0.1) is 0 Å². The smallest absolute Gasteiger partial charge is 0.252 e. The summed E-state index contributed by atoms with van der Waals surface area (Å²) in [6.45, 7) is 3.20. The number of halogens is 2. The summed E-state index contributed by atoms with van der Waals surface area (Å²) >= 11 is 14.1. The maximum Gasteiger partial charge on any atom is 0.252 e. The molecular weight excluding hydrogens is 375 g/mol. The monoisotopic (exact) mass is 400 g/mol. The molecule has 0 aromatic rings. The van der Waals surface area contributed by atoms with Gasteiger partial charge in [0.2, 0.25) is 5.91 Å². The predicted octanol–water partition coefficient (Wildman–Crippen LogP) is 4.51. The molecule has 2 atom stereocenters. The lowest BCUT2D eigenvalue weighted by atomic mass is 10.1. The molecule has 23 heavy (non-hydrogen) atoms. The van der Waals surface area contributed by atoms with Crippen LogP contribution in [0.15, 0.2) is 0 Å². The molecule has 0 aliphatic carbocycles. The summed E-state index contributed by atoms with van der Waals surface area (Å²) in [5.74, 6) is 1.22. The van der Waals surface area contributed by atoms with E-state index in [4.69, 9.17) is 23.2 Å². The number of carbonyl (C=O) groups excluding carboxylic acids is 2. The van der Waals surface area contributed by atoms with E-state index in [9.17, 15) is 9.59 Å². The maximum atomic E-state index is 11.2. The molecule has 0 radical (unpaired) electrons. The van der Waals surface area contributed by atoms with Crippen molar-refractivity contribution >= 4 is 58.9 Å². The lowest BCUT2D eigenvalue weighted by Gasteiger charge is -2.12. The van der Waals surface area contributed by atoms with Crippen molar-refractivity contribution in [1.82, 2.24) is 8.61 Å². The van der Waals surface area contributed by atoms with Gasteiger partial charge >= 0.3 is 0 Å². The number of carbonyl (C=O) groups is 2. The Morgan fingerprint density at radius 1 is 1.13 bits per heavy atom. The van der Waals surface area contributed by atoms with E-state index in [1.54, 1.807) is 19.0 Å². The van der Waals surface area contributed by atoms with Crippen LogP contribution in [0.4, 0.5) is 0 Å². The highest BCUT2D eigenvalue weighted by Crippen LogP contribution is 2.34. The van der Waals surface area contributed by atoms with Crippen LogP contribution in [0.1, 0.15) is 51.9 Å². The second-order valence-electron chi connectivity index (χ2n) is 5.54. The van der Waals surface area contributed by atoms with E-state index >= 15 is 0 Å². The number of hydrogen-bond acceptors (Lipinski definition) is 4. The van der Waals surface area contributed by atoms with Gasteiger partial charge in [0, 0.05) is 25.8 Å². The maximum absolute atomic E-state index is 11.2. The second kappa shape index (κ2) is 11.7. The van der Waals surface area contributed by atoms with Crippen LogP contribution in [0.5, 0.6) is 0 Å². The van der Waals surface area contributed by atoms with Gasteiger partial charge in [0.1, 0.15) is 10.1 Å². The molecule has 0 saturated carbocycles. The zero-order valence-corrected chi connectivity index (χ0v) is 16.9. The molecule has 2 fully saturated rings. The molecule has 4 nitrogen and oxygen atoms in total. The van der Waals surface area contributed by atoms with Gasteiger partial charge in [0.05, 0.1) is 0 Å². The summed E-state index contributed by atoms with van der Waals surface area (Å²) in [7, 11) is 1.66. The zero-order chi connectivity index (χ0) is 17.2. The van der Waals surface area contributed by atoms with Crippen molar-refractivity contribution in [3.8, 4) is 0 Å². The first-order chi connectivity index (χ1) is 11.0. The summed E-state index contributed by atoms with van der Waals surface area (Å²) in [4.78, 5) is 22.0. The molecular formula is C15H26Cl2N2O2S2. The number of nitrogens with zero attached hydrogens (tertiary/aromatic N) is 2. The zero-order valence-electron chi connectivity index (χ0n) is 13.8. The fraction of sp³-hybridized carbons (Fsp3) is 0.867. The van der Waals surface area contributed by atoms with E-state index in [1.165, 1.54) is 54.8 Å². The third kappa shape index (κ3) is 7.76. The Morgan fingerprint density at radius 2 is 1.78 bits per heavy atom.